The molecular formula is C17H25NS2. The van der Waals surface area contributed by atoms with Crippen molar-refractivity contribution in [2.75, 3.05) is 6.54 Å². The molecule has 0 saturated carbocycles. The first-order valence-corrected chi connectivity index (χ1v) is 9.34. The van der Waals surface area contributed by atoms with Gasteiger partial charge in [0, 0.05) is 20.7 Å². The van der Waals surface area contributed by atoms with Gasteiger partial charge in [0.15, 0.2) is 0 Å². The fourth-order valence-corrected chi connectivity index (χ4v) is 4.30. The fraction of sp³-hybridized carbons (Fsp3) is 0.529. The molecule has 0 aromatic carbocycles. The highest BCUT2D eigenvalue weighted by atomic mass is 32.1. The van der Waals surface area contributed by atoms with Crippen LogP contribution in [-0.2, 0) is 19.3 Å². The molecule has 1 nitrogen and oxygen atoms in total. The van der Waals surface area contributed by atoms with Crippen LogP contribution in [0.3, 0.4) is 0 Å². The molecule has 2 aromatic heterocycles. The Hall–Kier alpha value is -0.640. The van der Waals surface area contributed by atoms with Crippen molar-refractivity contribution in [3.05, 3.63) is 44.3 Å². The minimum atomic E-state index is 0.628. The summed E-state index contributed by atoms with van der Waals surface area (Å²) in [7, 11) is 0. The second kappa shape index (κ2) is 8.60. The topological polar surface area (TPSA) is 12.0 Å². The number of hydrogen-bond acceptors (Lipinski definition) is 3. The van der Waals surface area contributed by atoms with Crippen LogP contribution in [0.1, 0.15) is 41.3 Å². The van der Waals surface area contributed by atoms with Crippen molar-refractivity contribution < 1.29 is 0 Å². The zero-order valence-electron chi connectivity index (χ0n) is 12.5. The Morgan fingerprint density at radius 3 is 2.60 bits per heavy atom. The molecule has 0 aliphatic rings. The van der Waals surface area contributed by atoms with Crippen molar-refractivity contribution in [3.63, 3.8) is 0 Å². The average molecular weight is 308 g/mol. The van der Waals surface area contributed by atoms with Crippen LogP contribution in [0.25, 0.3) is 0 Å². The minimum absolute atomic E-state index is 0.628. The summed E-state index contributed by atoms with van der Waals surface area (Å²) in [4.78, 5) is 4.56. The quantitative estimate of drug-likeness (QED) is 0.693. The van der Waals surface area contributed by atoms with E-state index < -0.39 is 0 Å². The lowest BCUT2D eigenvalue weighted by atomic mass is 10.0. The van der Waals surface area contributed by atoms with Gasteiger partial charge in [0.25, 0.3) is 0 Å². The maximum absolute atomic E-state index is 3.65. The lowest BCUT2D eigenvalue weighted by Crippen LogP contribution is -2.30. The Morgan fingerprint density at radius 2 is 1.95 bits per heavy atom. The number of thiophene rings is 2. The van der Waals surface area contributed by atoms with Gasteiger partial charge in [-0.25, -0.2) is 0 Å². The molecule has 0 fully saturated rings. The van der Waals surface area contributed by atoms with E-state index in [2.05, 4.69) is 48.8 Å². The molecule has 1 N–H and O–H groups in total. The minimum Gasteiger partial charge on any atom is -0.314 e. The van der Waals surface area contributed by atoms with E-state index >= 15 is 0 Å². The van der Waals surface area contributed by atoms with Crippen molar-refractivity contribution >= 4 is 22.7 Å². The highest BCUT2D eigenvalue weighted by Gasteiger charge is 2.10. The van der Waals surface area contributed by atoms with E-state index in [1.165, 1.54) is 40.3 Å². The molecule has 0 radical (unpaired) electrons. The lowest BCUT2D eigenvalue weighted by Gasteiger charge is -2.16. The lowest BCUT2D eigenvalue weighted by molar-refractivity contribution is 0.479. The van der Waals surface area contributed by atoms with Gasteiger partial charge in [-0.15, -0.1) is 22.7 Å². The maximum Gasteiger partial charge on any atom is 0.0115 e. The second-order valence-corrected chi connectivity index (χ2v) is 7.44. The molecule has 2 heterocycles. The van der Waals surface area contributed by atoms with Crippen LogP contribution in [0.15, 0.2) is 29.6 Å². The van der Waals surface area contributed by atoms with Gasteiger partial charge in [-0.05, 0) is 62.2 Å². The fourth-order valence-electron chi connectivity index (χ4n) is 2.51. The smallest absolute Gasteiger partial charge is 0.0115 e. The molecule has 0 amide bonds. The second-order valence-electron chi connectivity index (χ2n) is 5.15. The van der Waals surface area contributed by atoms with Gasteiger partial charge in [-0.3, -0.25) is 0 Å². The molecule has 0 aliphatic carbocycles. The SMILES string of the molecule is CCNC(CCCc1cccs1)Cc1ccc(CC)s1. The van der Waals surface area contributed by atoms with Crippen LogP contribution in [0, 0.1) is 0 Å². The molecule has 0 aliphatic heterocycles. The normalized spacial score (nSPS) is 12.7. The molecule has 2 aromatic rings. The van der Waals surface area contributed by atoms with Crippen molar-refractivity contribution in [2.24, 2.45) is 0 Å². The molecule has 0 saturated heterocycles. The van der Waals surface area contributed by atoms with Crippen LogP contribution in [-0.4, -0.2) is 12.6 Å². The first-order valence-electron chi connectivity index (χ1n) is 7.65. The van der Waals surface area contributed by atoms with Crippen molar-refractivity contribution in [1.82, 2.24) is 5.32 Å². The number of hydrogen-bond donors (Lipinski definition) is 1. The largest absolute Gasteiger partial charge is 0.314 e. The van der Waals surface area contributed by atoms with Crippen molar-refractivity contribution in [2.45, 2.75) is 52.0 Å². The van der Waals surface area contributed by atoms with Gasteiger partial charge >= 0.3 is 0 Å². The molecular weight excluding hydrogens is 282 g/mol. The van der Waals surface area contributed by atoms with Crippen LogP contribution in [0.4, 0.5) is 0 Å². The number of rotatable bonds is 9. The summed E-state index contributed by atoms with van der Waals surface area (Å²) in [6.07, 6.45) is 6.12. The first kappa shape index (κ1) is 15.7. The Morgan fingerprint density at radius 1 is 1.10 bits per heavy atom. The average Bonchev–Trinajstić information content (AvgIpc) is 3.10. The Labute approximate surface area is 131 Å². The van der Waals surface area contributed by atoms with E-state index in [1.807, 2.05) is 22.7 Å². The molecule has 3 heteroatoms. The third kappa shape index (κ3) is 5.04. The molecule has 1 atom stereocenters. The third-order valence-corrected chi connectivity index (χ3v) is 5.75. The van der Waals surface area contributed by atoms with Gasteiger partial charge in [-0.2, -0.15) is 0 Å². The Balaban J connectivity index is 1.80. The van der Waals surface area contributed by atoms with Crippen molar-refractivity contribution in [3.8, 4) is 0 Å². The standard InChI is InChI=1S/C17H25NS2/c1-3-15-10-11-17(20-15)13-14(18-4-2)7-5-8-16-9-6-12-19-16/h6,9-12,14,18H,3-5,7-8,13H2,1-2H3. The predicted octanol–water partition coefficient (Wildman–Crippen LogP) is 4.92. The van der Waals surface area contributed by atoms with Crippen LogP contribution >= 0.6 is 22.7 Å². The molecule has 20 heavy (non-hydrogen) atoms. The summed E-state index contributed by atoms with van der Waals surface area (Å²) in [5, 5.41) is 5.82. The number of aryl methyl sites for hydroxylation is 2. The molecule has 110 valence electrons. The summed E-state index contributed by atoms with van der Waals surface area (Å²) in [5.41, 5.74) is 0. The molecule has 0 bridgehead atoms. The van der Waals surface area contributed by atoms with Crippen molar-refractivity contribution in [1.29, 1.82) is 0 Å². The Kier molecular flexibility index (Phi) is 6.77. The molecule has 1 unspecified atom stereocenters. The first-order chi connectivity index (χ1) is 9.81. The van der Waals surface area contributed by atoms with Crippen LogP contribution in [0.2, 0.25) is 0 Å². The number of nitrogens with one attached hydrogen (secondary N) is 1. The predicted molar refractivity (Wildman–Crippen MR) is 92.1 cm³/mol. The van der Waals surface area contributed by atoms with Gasteiger partial charge in [-0.1, -0.05) is 19.9 Å². The molecule has 2 rings (SSSR count). The summed E-state index contributed by atoms with van der Waals surface area (Å²) in [6.45, 7) is 5.51. The summed E-state index contributed by atoms with van der Waals surface area (Å²) >= 11 is 3.86. The summed E-state index contributed by atoms with van der Waals surface area (Å²) in [6, 6.07) is 9.63. The van der Waals surface area contributed by atoms with Crippen LogP contribution in [0.5, 0.6) is 0 Å². The highest BCUT2D eigenvalue weighted by Crippen LogP contribution is 2.20. The van der Waals surface area contributed by atoms with Crippen LogP contribution < -0.4 is 5.32 Å². The molecule has 0 spiro atoms. The van der Waals surface area contributed by atoms with E-state index in [-0.39, 0.29) is 0 Å². The van der Waals surface area contributed by atoms with E-state index in [0.717, 1.165) is 13.0 Å². The Bertz CT molecular complexity index is 473. The van der Waals surface area contributed by atoms with Gasteiger partial charge < -0.3 is 5.32 Å². The maximum atomic E-state index is 3.65. The van der Waals surface area contributed by atoms with E-state index in [4.69, 9.17) is 0 Å². The van der Waals surface area contributed by atoms with E-state index in [1.54, 1.807) is 0 Å². The monoisotopic (exact) mass is 307 g/mol. The number of likely N-dealkylation sites (N-methyl/N-ethyl adjacent to an activating group) is 1. The summed E-state index contributed by atoms with van der Waals surface area (Å²) in [5.74, 6) is 0. The van der Waals surface area contributed by atoms with Gasteiger partial charge in [0.05, 0.1) is 0 Å². The van der Waals surface area contributed by atoms with Gasteiger partial charge in [0.1, 0.15) is 0 Å². The zero-order valence-corrected chi connectivity index (χ0v) is 14.2. The van der Waals surface area contributed by atoms with Gasteiger partial charge in [0.2, 0.25) is 0 Å². The van der Waals surface area contributed by atoms with E-state index in [0.29, 0.717) is 6.04 Å². The zero-order chi connectivity index (χ0) is 14.2. The summed E-state index contributed by atoms with van der Waals surface area (Å²) < 4.78 is 0. The highest BCUT2D eigenvalue weighted by molar-refractivity contribution is 7.12. The van der Waals surface area contributed by atoms with E-state index in [9.17, 15) is 0 Å². The third-order valence-electron chi connectivity index (χ3n) is 3.56.